The molecule has 0 radical (unpaired) electrons. The molecule has 0 fully saturated rings. The zero-order chi connectivity index (χ0) is 13.8. The van der Waals surface area contributed by atoms with Crippen molar-refractivity contribution in [3.63, 3.8) is 0 Å². The van der Waals surface area contributed by atoms with E-state index in [2.05, 4.69) is 4.98 Å². The van der Waals surface area contributed by atoms with Gasteiger partial charge in [-0.25, -0.2) is 4.98 Å². The van der Waals surface area contributed by atoms with Gasteiger partial charge >= 0.3 is 0 Å². The molecule has 1 aromatic heterocycles. The van der Waals surface area contributed by atoms with Gasteiger partial charge in [0.1, 0.15) is 5.69 Å². The highest BCUT2D eigenvalue weighted by Gasteiger charge is 2.37. The normalized spacial score (nSPS) is 18.1. The molecule has 0 amide bonds. The number of aliphatic hydroxyl groups is 1. The number of ketones is 1. The van der Waals surface area contributed by atoms with Crippen molar-refractivity contribution >= 4 is 5.78 Å². The van der Waals surface area contributed by atoms with E-state index in [1.165, 1.54) is 0 Å². The number of fused-ring (bicyclic) bond motifs is 3. The maximum Gasteiger partial charge on any atom is 0.200 e. The molecule has 0 bridgehead atoms. The molecule has 4 heteroatoms. The second kappa shape index (κ2) is 3.78. The van der Waals surface area contributed by atoms with E-state index >= 15 is 0 Å². The van der Waals surface area contributed by atoms with Crippen molar-refractivity contribution in [2.45, 2.75) is 32.3 Å². The number of carbonyl (C=O) groups is 1. The summed E-state index contributed by atoms with van der Waals surface area (Å²) in [6, 6.07) is 7.15. The van der Waals surface area contributed by atoms with E-state index < -0.39 is 6.10 Å². The molecule has 0 saturated heterocycles. The molecule has 0 saturated carbocycles. The van der Waals surface area contributed by atoms with E-state index in [9.17, 15) is 9.90 Å². The Labute approximate surface area is 111 Å². The van der Waals surface area contributed by atoms with Gasteiger partial charge < -0.3 is 9.52 Å². The van der Waals surface area contributed by atoms with Gasteiger partial charge in [0.25, 0.3) is 0 Å². The molecule has 0 spiro atoms. The second-order valence-electron chi connectivity index (χ2n) is 5.79. The summed E-state index contributed by atoms with van der Waals surface area (Å²) in [7, 11) is 0. The van der Waals surface area contributed by atoms with Crippen LogP contribution in [0.4, 0.5) is 0 Å². The number of nitrogens with zero attached hydrogens (tertiary/aromatic N) is 1. The minimum absolute atomic E-state index is 0.258. The number of Topliss-reactive ketones (excluding diaryl/α,β-unsaturated/α-hetero) is 1. The van der Waals surface area contributed by atoms with Crippen molar-refractivity contribution < 1.29 is 14.3 Å². The molecule has 1 heterocycles. The molecule has 1 atom stereocenters. The lowest BCUT2D eigenvalue weighted by Crippen LogP contribution is -2.18. The first-order chi connectivity index (χ1) is 8.89. The summed E-state index contributed by atoms with van der Waals surface area (Å²) < 4.78 is 5.63. The van der Waals surface area contributed by atoms with Crippen LogP contribution in [-0.2, 0) is 5.41 Å². The molecule has 2 aromatic rings. The molecule has 1 N–H and O–H groups in total. The van der Waals surface area contributed by atoms with Crippen LogP contribution in [0.5, 0.6) is 0 Å². The summed E-state index contributed by atoms with van der Waals surface area (Å²) in [6.45, 7) is 5.93. The van der Waals surface area contributed by atoms with Crippen LogP contribution in [0, 0.1) is 0 Å². The monoisotopic (exact) mass is 257 g/mol. The smallest absolute Gasteiger partial charge is 0.200 e. The molecule has 4 nitrogen and oxygen atoms in total. The lowest BCUT2D eigenvalue weighted by Gasteiger charge is -2.17. The molecule has 0 aliphatic heterocycles. The van der Waals surface area contributed by atoms with Crippen LogP contribution in [0.15, 0.2) is 28.7 Å². The predicted octanol–water partition coefficient (Wildman–Crippen LogP) is 2.87. The first kappa shape index (κ1) is 12.1. The summed E-state index contributed by atoms with van der Waals surface area (Å²) in [5, 5.41) is 10.1. The summed E-state index contributed by atoms with van der Waals surface area (Å²) in [5.41, 5.74) is 1.53. The van der Waals surface area contributed by atoms with Crippen LogP contribution in [0.1, 0.15) is 48.9 Å². The standard InChI is InChI=1S/C15H15NO3/c1-15(2,3)14-16-10-8-6-4-5-7-9(8)11(17)12(18)13(10)19-14/h4-7,12,18H,1-3H3. The second-order valence-corrected chi connectivity index (χ2v) is 5.79. The molecule has 1 aliphatic rings. The third-order valence-electron chi connectivity index (χ3n) is 3.24. The highest BCUT2D eigenvalue weighted by molar-refractivity contribution is 6.08. The Morgan fingerprint density at radius 2 is 1.84 bits per heavy atom. The number of hydrogen-bond acceptors (Lipinski definition) is 4. The van der Waals surface area contributed by atoms with Gasteiger partial charge in [0, 0.05) is 16.5 Å². The maximum atomic E-state index is 12.1. The van der Waals surface area contributed by atoms with Gasteiger partial charge in [-0.05, 0) is 0 Å². The highest BCUT2D eigenvalue weighted by Crippen LogP contribution is 2.40. The Hall–Kier alpha value is -1.94. The molecule has 3 rings (SSSR count). The Morgan fingerprint density at radius 1 is 1.21 bits per heavy atom. The van der Waals surface area contributed by atoms with Gasteiger partial charge in [0.15, 0.2) is 17.6 Å². The highest BCUT2D eigenvalue weighted by atomic mass is 16.4. The van der Waals surface area contributed by atoms with Crippen LogP contribution in [0.25, 0.3) is 11.3 Å². The SMILES string of the molecule is CC(C)(C)c1nc2c(o1)C(O)C(=O)c1ccccc1-2. The Kier molecular flexibility index (Phi) is 2.41. The fourth-order valence-electron chi connectivity index (χ4n) is 2.20. The maximum absolute atomic E-state index is 12.1. The quantitative estimate of drug-likeness (QED) is 0.788. The van der Waals surface area contributed by atoms with E-state index in [0.717, 1.165) is 5.56 Å². The van der Waals surface area contributed by atoms with Gasteiger partial charge in [-0.2, -0.15) is 0 Å². The topological polar surface area (TPSA) is 63.3 Å². The minimum atomic E-state index is -1.26. The number of aromatic nitrogens is 1. The molecular formula is C15H15NO3. The Morgan fingerprint density at radius 3 is 2.47 bits per heavy atom. The molecule has 1 aromatic carbocycles. The summed E-state index contributed by atoms with van der Waals surface area (Å²) in [6.07, 6.45) is -1.26. The van der Waals surface area contributed by atoms with Crippen molar-refractivity contribution in [2.75, 3.05) is 0 Å². The number of hydrogen-bond donors (Lipinski definition) is 1. The van der Waals surface area contributed by atoms with E-state index in [1.54, 1.807) is 12.1 Å². The van der Waals surface area contributed by atoms with E-state index in [0.29, 0.717) is 17.1 Å². The van der Waals surface area contributed by atoms with E-state index in [4.69, 9.17) is 4.42 Å². The van der Waals surface area contributed by atoms with Gasteiger partial charge in [-0.3, -0.25) is 4.79 Å². The van der Waals surface area contributed by atoms with Crippen molar-refractivity contribution in [1.82, 2.24) is 4.98 Å². The van der Waals surface area contributed by atoms with Gasteiger partial charge in [0.05, 0.1) is 0 Å². The largest absolute Gasteiger partial charge is 0.441 e. The summed E-state index contributed by atoms with van der Waals surface area (Å²) in [5.74, 6) is 0.453. The molecule has 1 unspecified atom stereocenters. The van der Waals surface area contributed by atoms with Gasteiger partial charge in [-0.15, -0.1) is 0 Å². The molecule has 19 heavy (non-hydrogen) atoms. The van der Waals surface area contributed by atoms with Crippen molar-refractivity contribution in [2.24, 2.45) is 0 Å². The average Bonchev–Trinajstić information content (AvgIpc) is 2.81. The predicted molar refractivity (Wildman–Crippen MR) is 69.9 cm³/mol. The first-order valence-electron chi connectivity index (χ1n) is 6.22. The molecule has 1 aliphatic carbocycles. The zero-order valence-corrected chi connectivity index (χ0v) is 11.1. The van der Waals surface area contributed by atoms with Crippen LogP contribution in [-0.4, -0.2) is 15.9 Å². The lowest BCUT2D eigenvalue weighted by molar-refractivity contribution is 0.0693. The van der Waals surface area contributed by atoms with E-state index in [1.807, 2.05) is 32.9 Å². The summed E-state index contributed by atoms with van der Waals surface area (Å²) in [4.78, 5) is 16.6. The number of oxazole rings is 1. The van der Waals surface area contributed by atoms with Crippen LogP contribution >= 0.6 is 0 Å². The number of carbonyl (C=O) groups excluding carboxylic acids is 1. The fourth-order valence-corrected chi connectivity index (χ4v) is 2.20. The first-order valence-corrected chi connectivity index (χ1v) is 6.22. The van der Waals surface area contributed by atoms with Gasteiger partial charge in [-0.1, -0.05) is 45.0 Å². The average molecular weight is 257 g/mol. The van der Waals surface area contributed by atoms with Crippen molar-refractivity contribution in [1.29, 1.82) is 0 Å². The van der Waals surface area contributed by atoms with Crippen LogP contribution in [0.3, 0.4) is 0 Å². The number of aliphatic hydroxyl groups excluding tert-OH is 1. The summed E-state index contributed by atoms with van der Waals surface area (Å²) >= 11 is 0. The Bertz CT molecular complexity index is 664. The van der Waals surface area contributed by atoms with Crippen molar-refractivity contribution in [3.8, 4) is 11.3 Å². The zero-order valence-electron chi connectivity index (χ0n) is 11.1. The minimum Gasteiger partial charge on any atom is -0.441 e. The van der Waals surface area contributed by atoms with E-state index in [-0.39, 0.29) is 17.0 Å². The molecular weight excluding hydrogens is 242 g/mol. The third kappa shape index (κ3) is 1.71. The third-order valence-corrected chi connectivity index (χ3v) is 3.24. The van der Waals surface area contributed by atoms with Crippen LogP contribution < -0.4 is 0 Å². The number of benzene rings is 1. The Balaban J connectivity index is 2.27. The van der Waals surface area contributed by atoms with Crippen molar-refractivity contribution in [3.05, 3.63) is 41.5 Å². The van der Waals surface area contributed by atoms with Gasteiger partial charge in [0.2, 0.25) is 5.89 Å². The van der Waals surface area contributed by atoms with Crippen LogP contribution in [0.2, 0.25) is 0 Å². The fraction of sp³-hybridized carbons (Fsp3) is 0.333. The molecule has 98 valence electrons. The number of rotatable bonds is 0. The lowest BCUT2D eigenvalue weighted by atomic mass is 9.90.